The summed E-state index contributed by atoms with van der Waals surface area (Å²) in [7, 11) is 1.87. The van der Waals surface area contributed by atoms with Gasteiger partial charge < -0.3 is 16.0 Å². The Morgan fingerprint density at radius 1 is 1.50 bits per heavy atom. The molecule has 2 rings (SSSR count). The van der Waals surface area contributed by atoms with Crippen LogP contribution in [0.5, 0.6) is 0 Å². The third-order valence-electron chi connectivity index (χ3n) is 3.07. The highest BCUT2D eigenvalue weighted by Gasteiger charge is 2.32. The lowest BCUT2D eigenvalue weighted by Gasteiger charge is -2.16. The zero-order valence-electron chi connectivity index (χ0n) is 12.0. The van der Waals surface area contributed by atoms with Crippen LogP contribution in [0.3, 0.4) is 0 Å². The van der Waals surface area contributed by atoms with Crippen LogP contribution in [0, 0.1) is 0 Å². The van der Waals surface area contributed by atoms with Crippen LogP contribution in [-0.2, 0) is 6.18 Å². The van der Waals surface area contributed by atoms with Crippen molar-refractivity contribution >= 4 is 35.9 Å². The van der Waals surface area contributed by atoms with Crippen molar-refractivity contribution in [1.29, 1.82) is 0 Å². The van der Waals surface area contributed by atoms with Gasteiger partial charge in [0.1, 0.15) is 5.69 Å². The van der Waals surface area contributed by atoms with E-state index in [1.807, 2.05) is 11.9 Å². The molecule has 0 atom stereocenters. The third-order valence-corrected chi connectivity index (χ3v) is 3.07. The Labute approximate surface area is 143 Å². The summed E-state index contributed by atoms with van der Waals surface area (Å²) in [4.78, 5) is 13.2. The first kappa shape index (κ1) is 18.7. The second kappa shape index (κ2) is 7.79. The molecule has 0 aromatic carbocycles. The maximum atomic E-state index is 12.5. The molecule has 6 nitrogen and oxygen atoms in total. The summed E-state index contributed by atoms with van der Waals surface area (Å²) in [5.41, 5.74) is 4.81. The molecule has 1 heterocycles. The van der Waals surface area contributed by atoms with Gasteiger partial charge in [0.2, 0.25) is 5.95 Å². The standard InChI is InChI=1S/C12H17F3N6.HI/c1-21(8-2-3-8)10(16)17-6-7-19-11-18-5-4-9(20-11)12(13,14)15;/h4-5,8H,2-3,6-7H2,1H3,(H2,16,17)(H,18,19,20);1H. The number of rotatable bonds is 5. The average molecular weight is 430 g/mol. The van der Waals surface area contributed by atoms with E-state index in [1.54, 1.807) is 0 Å². The minimum absolute atomic E-state index is 0. The van der Waals surface area contributed by atoms with Crippen molar-refractivity contribution in [1.82, 2.24) is 14.9 Å². The van der Waals surface area contributed by atoms with Crippen molar-refractivity contribution < 1.29 is 13.2 Å². The Kier molecular flexibility index (Phi) is 6.63. The van der Waals surface area contributed by atoms with E-state index in [2.05, 4.69) is 20.3 Å². The van der Waals surface area contributed by atoms with Gasteiger partial charge in [-0.2, -0.15) is 13.2 Å². The Hall–Kier alpha value is -1.33. The van der Waals surface area contributed by atoms with Crippen LogP contribution < -0.4 is 11.1 Å². The van der Waals surface area contributed by atoms with Crippen molar-refractivity contribution in [2.75, 3.05) is 25.5 Å². The molecule has 1 aromatic heterocycles. The second-order valence-corrected chi connectivity index (χ2v) is 4.77. The van der Waals surface area contributed by atoms with E-state index < -0.39 is 11.9 Å². The van der Waals surface area contributed by atoms with Crippen LogP contribution in [0.2, 0.25) is 0 Å². The second-order valence-electron chi connectivity index (χ2n) is 4.77. The molecule has 1 saturated carbocycles. The van der Waals surface area contributed by atoms with E-state index in [-0.39, 0.29) is 29.9 Å². The molecule has 0 unspecified atom stereocenters. The Morgan fingerprint density at radius 2 is 2.18 bits per heavy atom. The molecule has 10 heteroatoms. The quantitative estimate of drug-likeness (QED) is 0.323. The number of anilines is 1. The van der Waals surface area contributed by atoms with Crippen molar-refractivity contribution in [2.45, 2.75) is 25.1 Å². The summed E-state index contributed by atoms with van der Waals surface area (Å²) in [5, 5.41) is 2.69. The van der Waals surface area contributed by atoms with Gasteiger partial charge in [-0.05, 0) is 18.9 Å². The Bertz CT molecular complexity index is 518. The topological polar surface area (TPSA) is 79.4 Å². The zero-order valence-corrected chi connectivity index (χ0v) is 14.3. The first-order valence-electron chi connectivity index (χ1n) is 6.55. The summed E-state index contributed by atoms with van der Waals surface area (Å²) < 4.78 is 37.4. The van der Waals surface area contributed by atoms with Crippen molar-refractivity contribution in [3.63, 3.8) is 0 Å². The van der Waals surface area contributed by atoms with Crippen molar-refractivity contribution in [3.8, 4) is 0 Å². The number of halogens is 4. The van der Waals surface area contributed by atoms with Gasteiger partial charge in [-0.15, -0.1) is 24.0 Å². The number of nitrogens with zero attached hydrogens (tertiary/aromatic N) is 4. The van der Waals surface area contributed by atoms with Crippen LogP contribution in [-0.4, -0.2) is 47.0 Å². The maximum Gasteiger partial charge on any atom is 0.433 e. The summed E-state index contributed by atoms with van der Waals surface area (Å²) in [5.74, 6) is 0.360. The average Bonchev–Trinajstić information content (AvgIpc) is 3.26. The number of nitrogens with one attached hydrogen (secondary N) is 1. The molecule has 0 aliphatic heterocycles. The number of aliphatic imine (C=N–C) groups is 1. The fraction of sp³-hybridized carbons (Fsp3) is 0.583. The normalized spacial score (nSPS) is 15.2. The molecular formula is C12H18F3IN6. The lowest BCUT2D eigenvalue weighted by atomic mass is 10.4. The number of nitrogens with two attached hydrogens (primary N) is 1. The summed E-state index contributed by atoms with van der Waals surface area (Å²) in [6.45, 7) is 0.642. The molecule has 0 radical (unpaired) electrons. The monoisotopic (exact) mass is 430 g/mol. The summed E-state index contributed by atoms with van der Waals surface area (Å²) in [6.07, 6.45) is -1.18. The molecule has 124 valence electrons. The van der Waals surface area contributed by atoms with Gasteiger partial charge in [0, 0.05) is 25.8 Å². The number of aromatic nitrogens is 2. The molecule has 0 saturated heterocycles. The van der Waals surface area contributed by atoms with E-state index in [0.717, 1.165) is 25.1 Å². The third kappa shape index (κ3) is 5.46. The van der Waals surface area contributed by atoms with Gasteiger partial charge in [-0.3, -0.25) is 4.99 Å². The number of hydrogen-bond acceptors (Lipinski definition) is 4. The first-order chi connectivity index (χ1) is 9.88. The molecule has 0 bridgehead atoms. The highest BCUT2D eigenvalue weighted by molar-refractivity contribution is 14.0. The van der Waals surface area contributed by atoms with Crippen LogP contribution >= 0.6 is 24.0 Å². The maximum absolute atomic E-state index is 12.5. The van der Waals surface area contributed by atoms with Gasteiger partial charge in [0.05, 0.1) is 6.54 Å². The fourth-order valence-electron chi connectivity index (χ4n) is 1.70. The number of alkyl halides is 3. The van der Waals surface area contributed by atoms with Crippen LogP contribution in [0.4, 0.5) is 19.1 Å². The molecule has 0 spiro atoms. The molecule has 3 N–H and O–H groups in total. The van der Waals surface area contributed by atoms with E-state index >= 15 is 0 Å². The Morgan fingerprint density at radius 3 is 2.77 bits per heavy atom. The van der Waals surface area contributed by atoms with E-state index in [9.17, 15) is 13.2 Å². The predicted molar refractivity (Wildman–Crippen MR) is 88.2 cm³/mol. The molecule has 1 fully saturated rings. The van der Waals surface area contributed by atoms with Gasteiger partial charge in [0.15, 0.2) is 5.96 Å². The van der Waals surface area contributed by atoms with Gasteiger partial charge >= 0.3 is 6.18 Å². The van der Waals surface area contributed by atoms with Crippen LogP contribution in [0.15, 0.2) is 17.3 Å². The minimum Gasteiger partial charge on any atom is -0.370 e. The smallest absolute Gasteiger partial charge is 0.370 e. The first-order valence-corrected chi connectivity index (χ1v) is 6.55. The van der Waals surface area contributed by atoms with E-state index in [4.69, 9.17) is 5.73 Å². The summed E-state index contributed by atoms with van der Waals surface area (Å²) in [6, 6.07) is 1.29. The SMILES string of the molecule is CN(C(N)=NCCNc1nccc(C(F)(F)F)n1)C1CC1.I. The molecule has 1 aliphatic rings. The van der Waals surface area contributed by atoms with Crippen LogP contribution in [0.1, 0.15) is 18.5 Å². The molecule has 1 aliphatic carbocycles. The Balaban J connectivity index is 0.00000242. The number of hydrogen-bond donors (Lipinski definition) is 2. The van der Waals surface area contributed by atoms with E-state index in [0.29, 0.717) is 25.1 Å². The lowest BCUT2D eigenvalue weighted by Crippen LogP contribution is -2.36. The van der Waals surface area contributed by atoms with Crippen molar-refractivity contribution in [2.24, 2.45) is 10.7 Å². The molecule has 0 amide bonds. The van der Waals surface area contributed by atoms with Gasteiger partial charge in [-0.1, -0.05) is 0 Å². The minimum atomic E-state index is -4.48. The lowest BCUT2D eigenvalue weighted by molar-refractivity contribution is -0.141. The van der Waals surface area contributed by atoms with Crippen LogP contribution in [0.25, 0.3) is 0 Å². The molecular weight excluding hydrogens is 412 g/mol. The summed E-state index contributed by atoms with van der Waals surface area (Å²) >= 11 is 0. The van der Waals surface area contributed by atoms with E-state index in [1.165, 1.54) is 0 Å². The highest BCUT2D eigenvalue weighted by atomic mass is 127. The largest absolute Gasteiger partial charge is 0.433 e. The molecule has 22 heavy (non-hydrogen) atoms. The fourth-order valence-corrected chi connectivity index (χ4v) is 1.70. The van der Waals surface area contributed by atoms with Crippen molar-refractivity contribution in [3.05, 3.63) is 18.0 Å². The predicted octanol–water partition coefficient (Wildman–Crippen LogP) is 1.93. The zero-order chi connectivity index (χ0) is 15.5. The molecule has 1 aromatic rings. The van der Waals surface area contributed by atoms with Gasteiger partial charge in [-0.25, -0.2) is 9.97 Å². The highest BCUT2D eigenvalue weighted by Crippen LogP contribution is 2.27. The van der Waals surface area contributed by atoms with Gasteiger partial charge in [0.25, 0.3) is 0 Å². The number of guanidine groups is 1.